The van der Waals surface area contributed by atoms with Crippen LogP contribution in [0.3, 0.4) is 0 Å². The molecule has 2 amide bonds. The van der Waals surface area contributed by atoms with Gasteiger partial charge in [-0.05, 0) is 42.0 Å². The largest absolute Gasteiger partial charge is 0.344 e. The quantitative estimate of drug-likeness (QED) is 0.605. The van der Waals surface area contributed by atoms with Gasteiger partial charge in [0.25, 0.3) is 0 Å². The van der Waals surface area contributed by atoms with Crippen molar-refractivity contribution in [3.63, 3.8) is 0 Å². The highest BCUT2D eigenvalue weighted by Crippen LogP contribution is 2.08. The minimum atomic E-state index is -0.742. The lowest BCUT2D eigenvalue weighted by Gasteiger charge is -2.23. The van der Waals surface area contributed by atoms with Gasteiger partial charge in [0, 0.05) is 6.42 Å². The number of benzene rings is 2. The Morgan fingerprint density at radius 3 is 2.21 bits per heavy atom. The molecule has 2 rings (SSSR count). The maximum absolute atomic E-state index is 13.0. The standard InChI is InChI=1S/C23H27FN2O3/c1-16(2)22(26-21(28)13-10-17-8-11-19(24)12-9-17)23(29)25-20(15-27)14-18-6-4-3-5-7-18/h3-9,11-12,15-16,20,22H,10,13-14H2,1-2H3,(H,25,29)(H,26,28). The molecule has 0 fully saturated rings. The number of carbonyl (C=O) groups is 3. The van der Waals surface area contributed by atoms with Gasteiger partial charge in [-0.15, -0.1) is 0 Å². The van der Waals surface area contributed by atoms with Gasteiger partial charge >= 0.3 is 0 Å². The number of hydrogen-bond donors (Lipinski definition) is 2. The van der Waals surface area contributed by atoms with Gasteiger partial charge in [0.05, 0.1) is 6.04 Å². The van der Waals surface area contributed by atoms with Gasteiger partial charge in [-0.1, -0.05) is 56.3 Å². The molecule has 0 saturated heterocycles. The second kappa shape index (κ2) is 11.1. The minimum absolute atomic E-state index is 0.145. The Bertz CT molecular complexity index is 807. The molecule has 2 atom stereocenters. The molecule has 29 heavy (non-hydrogen) atoms. The molecule has 0 heterocycles. The van der Waals surface area contributed by atoms with Crippen LogP contribution in [0.4, 0.5) is 4.39 Å². The van der Waals surface area contributed by atoms with E-state index >= 15 is 0 Å². The number of aldehydes is 1. The molecule has 0 bridgehead atoms. The molecular formula is C23H27FN2O3. The summed E-state index contributed by atoms with van der Waals surface area (Å²) in [5.74, 6) is -1.12. The molecule has 0 spiro atoms. The van der Waals surface area contributed by atoms with Gasteiger partial charge in [0.1, 0.15) is 18.1 Å². The Morgan fingerprint density at radius 2 is 1.62 bits per heavy atom. The van der Waals surface area contributed by atoms with Gasteiger partial charge in [0.15, 0.2) is 0 Å². The predicted octanol–water partition coefficient (Wildman–Crippen LogP) is 2.83. The van der Waals surface area contributed by atoms with E-state index in [4.69, 9.17) is 0 Å². The third kappa shape index (κ3) is 7.49. The molecule has 0 aliphatic heterocycles. The number of hydrogen-bond acceptors (Lipinski definition) is 3. The van der Waals surface area contributed by atoms with Gasteiger partial charge in [0.2, 0.25) is 11.8 Å². The summed E-state index contributed by atoms with van der Waals surface area (Å²) in [4.78, 5) is 36.4. The first-order chi connectivity index (χ1) is 13.9. The Kier molecular flexibility index (Phi) is 8.52. The van der Waals surface area contributed by atoms with Gasteiger partial charge in [-0.2, -0.15) is 0 Å². The zero-order chi connectivity index (χ0) is 21.2. The first kappa shape index (κ1) is 22.3. The lowest BCUT2D eigenvalue weighted by molar-refractivity contribution is -0.131. The maximum atomic E-state index is 13.0. The van der Waals surface area contributed by atoms with E-state index in [9.17, 15) is 18.8 Å². The molecule has 0 aromatic heterocycles. The molecule has 2 aromatic rings. The van der Waals surface area contributed by atoms with Crippen LogP contribution in [0.15, 0.2) is 54.6 Å². The van der Waals surface area contributed by atoms with E-state index in [0.29, 0.717) is 19.1 Å². The second-order valence-electron chi connectivity index (χ2n) is 7.36. The fourth-order valence-corrected chi connectivity index (χ4v) is 2.96. The highest BCUT2D eigenvalue weighted by molar-refractivity contribution is 5.89. The Labute approximate surface area is 170 Å². The lowest BCUT2D eigenvalue weighted by atomic mass is 10.0. The molecule has 0 radical (unpaired) electrons. The lowest BCUT2D eigenvalue weighted by Crippen LogP contribution is -2.52. The normalized spacial score (nSPS) is 12.8. The summed E-state index contributed by atoms with van der Waals surface area (Å²) in [7, 11) is 0. The summed E-state index contributed by atoms with van der Waals surface area (Å²) < 4.78 is 13.0. The van der Waals surface area contributed by atoms with Crippen molar-refractivity contribution < 1.29 is 18.8 Å². The van der Waals surface area contributed by atoms with Gasteiger partial charge in [-0.25, -0.2) is 4.39 Å². The van der Waals surface area contributed by atoms with E-state index in [-0.39, 0.29) is 30.0 Å². The molecule has 5 nitrogen and oxygen atoms in total. The van der Waals surface area contributed by atoms with E-state index in [1.807, 2.05) is 44.2 Å². The van der Waals surface area contributed by atoms with Crippen LogP contribution in [-0.2, 0) is 27.2 Å². The van der Waals surface area contributed by atoms with Gasteiger partial charge < -0.3 is 15.4 Å². The van der Waals surface area contributed by atoms with Crippen molar-refractivity contribution in [1.82, 2.24) is 10.6 Å². The second-order valence-corrected chi connectivity index (χ2v) is 7.36. The molecule has 0 aliphatic carbocycles. The number of rotatable bonds is 10. The minimum Gasteiger partial charge on any atom is -0.344 e. The fraction of sp³-hybridized carbons (Fsp3) is 0.348. The van der Waals surface area contributed by atoms with Crippen molar-refractivity contribution in [2.75, 3.05) is 0 Å². The molecule has 2 aromatic carbocycles. The van der Waals surface area contributed by atoms with E-state index < -0.39 is 12.1 Å². The SMILES string of the molecule is CC(C)C(NC(=O)CCc1ccc(F)cc1)C(=O)NC(C=O)Cc1ccccc1. The zero-order valence-electron chi connectivity index (χ0n) is 16.7. The van der Waals surface area contributed by atoms with Crippen LogP contribution in [0, 0.1) is 11.7 Å². The van der Waals surface area contributed by atoms with Gasteiger partial charge in [-0.3, -0.25) is 9.59 Å². The van der Waals surface area contributed by atoms with Crippen molar-refractivity contribution in [2.45, 2.75) is 45.2 Å². The van der Waals surface area contributed by atoms with Crippen LogP contribution in [-0.4, -0.2) is 30.2 Å². The molecule has 6 heteroatoms. The molecule has 2 unspecified atom stereocenters. The average Bonchev–Trinajstić information content (AvgIpc) is 2.71. The third-order valence-corrected chi connectivity index (χ3v) is 4.61. The predicted molar refractivity (Wildman–Crippen MR) is 110 cm³/mol. The maximum Gasteiger partial charge on any atom is 0.243 e. The Hall–Kier alpha value is -3.02. The summed E-state index contributed by atoms with van der Waals surface area (Å²) in [6.07, 6.45) is 1.73. The number of amides is 2. The number of carbonyl (C=O) groups excluding carboxylic acids is 3. The van der Waals surface area contributed by atoms with Crippen molar-refractivity contribution in [2.24, 2.45) is 5.92 Å². The van der Waals surface area contributed by atoms with E-state index in [2.05, 4.69) is 10.6 Å². The van der Waals surface area contributed by atoms with Crippen LogP contribution in [0.1, 0.15) is 31.4 Å². The number of aryl methyl sites for hydroxylation is 1. The van der Waals surface area contributed by atoms with Crippen LogP contribution < -0.4 is 10.6 Å². The van der Waals surface area contributed by atoms with Crippen LogP contribution in [0.5, 0.6) is 0 Å². The number of nitrogens with one attached hydrogen (secondary N) is 2. The fourth-order valence-electron chi connectivity index (χ4n) is 2.96. The Balaban J connectivity index is 1.90. The monoisotopic (exact) mass is 398 g/mol. The third-order valence-electron chi connectivity index (χ3n) is 4.61. The van der Waals surface area contributed by atoms with E-state index in [1.165, 1.54) is 12.1 Å². The average molecular weight is 398 g/mol. The molecule has 2 N–H and O–H groups in total. The highest BCUT2D eigenvalue weighted by atomic mass is 19.1. The molecule has 0 saturated carbocycles. The molecular weight excluding hydrogens is 371 g/mol. The van der Waals surface area contributed by atoms with E-state index in [0.717, 1.165) is 11.1 Å². The zero-order valence-corrected chi connectivity index (χ0v) is 16.7. The Morgan fingerprint density at radius 1 is 0.966 bits per heavy atom. The summed E-state index contributed by atoms with van der Waals surface area (Å²) in [5, 5.41) is 5.47. The summed E-state index contributed by atoms with van der Waals surface area (Å²) >= 11 is 0. The van der Waals surface area contributed by atoms with Crippen molar-refractivity contribution in [3.05, 3.63) is 71.5 Å². The number of halogens is 1. The smallest absolute Gasteiger partial charge is 0.243 e. The van der Waals surface area contributed by atoms with E-state index in [1.54, 1.807) is 12.1 Å². The molecule has 154 valence electrons. The highest BCUT2D eigenvalue weighted by Gasteiger charge is 2.26. The topological polar surface area (TPSA) is 75.3 Å². The summed E-state index contributed by atoms with van der Waals surface area (Å²) in [5.41, 5.74) is 1.78. The first-order valence-corrected chi connectivity index (χ1v) is 9.72. The molecule has 0 aliphatic rings. The first-order valence-electron chi connectivity index (χ1n) is 9.72. The van der Waals surface area contributed by atoms with Crippen molar-refractivity contribution >= 4 is 18.1 Å². The van der Waals surface area contributed by atoms with Crippen molar-refractivity contribution in [3.8, 4) is 0 Å². The summed E-state index contributed by atoms with van der Waals surface area (Å²) in [6, 6.07) is 14.0. The summed E-state index contributed by atoms with van der Waals surface area (Å²) in [6.45, 7) is 3.66. The van der Waals surface area contributed by atoms with Crippen molar-refractivity contribution in [1.29, 1.82) is 0 Å². The van der Waals surface area contributed by atoms with Crippen LogP contribution in [0.2, 0.25) is 0 Å². The van der Waals surface area contributed by atoms with Crippen LogP contribution in [0.25, 0.3) is 0 Å². The van der Waals surface area contributed by atoms with Crippen LogP contribution >= 0.6 is 0 Å².